The van der Waals surface area contributed by atoms with Crippen molar-refractivity contribution < 1.29 is 24.2 Å². The molecule has 28 heavy (non-hydrogen) atoms. The summed E-state index contributed by atoms with van der Waals surface area (Å²) in [5, 5.41) is 16.5. The lowest BCUT2D eigenvalue weighted by atomic mass is 10.0. The van der Waals surface area contributed by atoms with E-state index in [1.165, 1.54) is 14.2 Å². The van der Waals surface area contributed by atoms with E-state index in [0.717, 1.165) is 17.0 Å². The Morgan fingerprint density at radius 1 is 1.25 bits per heavy atom. The number of carbonyl (C=O) groups excluding carboxylic acids is 1. The van der Waals surface area contributed by atoms with Crippen molar-refractivity contribution in [1.29, 1.82) is 0 Å². The summed E-state index contributed by atoms with van der Waals surface area (Å²) in [7, 11) is 4.89. The van der Waals surface area contributed by atoms with Gasteiger partial charge in [-0.1, -0.05) is 0 Å². The van der Waals surface area contributed by atoms with Gasteiger partial charge in [-0.25, -0.2) is 0 Å². The number of carboxylic acid groups (broad SMARTS) is 1. The quantitative estimate of drug-likeness (QED) is 0.682. The SMILES string of the molecule is COc1ccc(C(CC(=O)O)NC(=O)CCc2c(C)nn(C)c2C)c(OC)c1. The van der Waals surface area contributed by atoms with Crippen LogP contribution < -0.4 is 14.8 Å². The summed E-state index contributed by atoms with van der Waals surface area (Å²) in [4.78, 5) is 23.9. The van der Waals surface area contributed by atoms with Crippen LogP contribution in [0.4, 0.5) is 0 Å². The monoisotopic (exact) mass is 389 g/mol. The average molecular weight is 389 g/mol. The Bertz CT molecular complexity index is 860. The molecular formula is C20H27N3O5. The summed E-state index contributed by atoms with van der Waals surface area (Å²) in [6.07, 6.45) is 0.526. The van der Waals surface area contributed by atoms with Crippen LogP contribution in [0.15, 0.2) is 18.2 Å². The Kier molecular flexibility index (Phi) is 7.03. The first kappa shape index (κ1) is 21.3. The van der Waals surface area contributed by atoms with Gasteiger partial charge >= 0.3 is 5.97 Å². The minimum Gasteiger partial charge on any atom is -0.497 e. The van der Waals surface area contributed by atoms with E-state index in [1.807, 2.05) is 20.9 Å². The first-order chi connectivity index (χ1) is 13.3. The zero-order valence-corrected chi connectivity index (χ0v) is 16.9. The molecular weight excluding hydrogens is 362 g/mol. The van der Waals surface area contributed by atoms with Crippen LogP contribution in [-0.2, 0) is 23.1 Å². The van der Waals surface area contributed by atoms with Crippen LogP contribution in [0.3, 0.4) is 0 Å². The second kappa shape index (κ2) is 9.25. The number of carbonyl (C=O) groups is 2. The molecule has 0 saturated carbocycles. The second-order valence-electron chi connectivity index (χ2n) is 6.60. The zero-order chi connectivity index (χ0) is 20.8. The maximum Gasteiger partial charge on any atom is 0.305 e. The zero-order valence-electron chi connectivity index (χ0n) is 16.9. The van der Waals surface area contributed by atoms with Crippen LogP contribution in [0, 0.1) is 13.8 Å². The van der Waals surface area contributed by atoms with Crippen molar-refractivity contribution in [2.45, 2.75) is 39.2 Å². The van der Waals surface area contributed by atoms with Crippen LogP contribution in [0.25, 0.3) is 0 Å². The second-order valence-corrected chi connectivity index (χ2v) is 6.60. The topological polar surface area (TPSA) is 103 Å². The van der Waals surface area contributed by atoms with Crippen molar-refractivity contribution in [2.24, 2.45) is 7.05 Å². The van der Waals surface area contributed by atoms with Crippen LogP contribution in [0.2, 0.25) is 0 Å². The molecule has 1 unspecified atom stereocenters. The molecule has 1 aromatic carbocycles. The highest BCUT2D eigenvalue weighted by molar-refractivity contribution is 5.78. The van der Waals surface area contributed by atoms with Gasteiger partial charge < -0.3 is 19.9 Å². The van der Waals surface area contributed by atoms with Gasteiger partial charge in [0.25, 0.3) is 0 Å². The van der Waals surface area contributed by atoms with Gasteiger partial charge in [0, 0.05) is 30.8 Å². The third-order valence-electron chi connectivity index (χ3n) is 4.79. The molecule has 0 bridgehead atoms. The van der Waals surface area contributed by atoms with Gasteiger partial charge in [0.05, 0.1) is 32.4 Å². The number of carboxylic acids is 1. The molecule has 0 aliphatic carbocycles. The summed E-state index contributed by atoms with van der Waals surface area (Å²) >= 11 is 0. The first-order valence-electron chi connectivity index (χ1n) is 8.99. The number of benzene rings is 1. The Balaban J connectivity index is 2.15. The van der Waals surface area contributed by atoms with Crippen molar-refractivity contribution in [2.75, 3.05) is 14.2 Å². The number of aryl methyl sites for hydroxylation is 2. The molecule has 2 N–H and O–H groups in total. The maximum absolute atomic E-state index is 12.5. The Hall–Kier alpha value is -3.03. The van der Waals surface area contributed by atoms with E-state index in [9.17, 15) is 14.7 Å². The smallest absolute Gasteiger partial charge is 0.305 e. The van der Waals surface area contributed by atoms with Gasteiger partial charge in [-0.3, -0.25) is 14.3 Å². The molecule has 1 amide bonds. The molecule has 152 valence electrons. The van der Waals surface area contributed by atoms with E-state index in [1.54, 1.807) is 22.9 Å². The normalized spacial score (nSPS) is 11.8. The summed E-state index contributed by atoms with van der Waals surface area (Å²) in [6, 6.07) is 4.38. The van der Waals surface area contributed by atoms with Crippen molar-refractivity contribution in [3.63, 3.8) is 0 Å². The molecule has 2 aromatic rings. The number of nitrogens with one attached hydrogen (secondary N) is 1. The standard InChI is InChI=1S/C20H27N3O5/c1-12-15(13(2)23(3)22-12)8-9-19(24)21-17(11-20(25)26)16-7-6-14(27-4)10-18(16)28-5/h6-7,10,17H,8-9,11H2,1-5H3,(H,21,24)(H,25,26). The molecule has 0 aliphatic rings. The molecule has 1 aromatic heterocycles. The fourth-order valence-corrected chi connectivity index (χ4v) is 3.20. The molecule has 2 rings (SSSR count). The third kappa shape index (κ3) is 5.03. The molecule has 0 saturated heterocycles. The van der Waals surface area contributed by atoms with Crippen molar-refractivity contribution in [1.82, 2.24) is 15.1 Å². The molecule has 1 heterocycles. The highest BCUT2D eigenvalue weighted by atomic mass is 16.5. The molecule has 0 spiro atoms. The maximum atomic E-state index is 12.5. The molecule has 0 radical (unpaired) electrons. The average Bonchev–Trinajstić information content (AvgIpc) is 2.90. The van der Waals surface area contributed by atoms with Crippen LogP contribution in [0.1, 0.15) is 41.4 Å². The molecule has 0 aliphatic heterocycles. The van der Waals surface area contributed by atoms with Gasteiger partial charge in [0.2, 0.25) is 5.91 Å². The molecule has 1 atom stereocenters. The Morgan fingerprint density at radius 2 is 1.96 bits per heavy atom. The first-order valence-corrected chi connectivity index (χ1v) is 8.99. The van der Waals surface area contributed by atoms with Gasteiger partial charge in [0.15, 0.2) is 0 Å². The van der Waals surface area contributed by atoms with Gasteiger partial charge in [0.1, 0.15) is 11.5 Å². The predicted molar refractivity (Wildman–Crippen MR) is 104 cm³/mol. The summed E-state index contributed by atoms with van der Waals surface area (Å²) in [6.45, 7) is 3.87. The number of rotatable bonds is 9. The number of aliphatic carboxylic acids is 1. The van der Waals surface area contributed by atoms with Gasteiger partial charge in [-0.2, -0.15) is 5.10 Å². The number of aromatic nitrogens is 2. The van der Waals surface area contributed by atoms with Crippen molar-refractivity contribution in [3.8, 4) is 11.5 Å². The third-order valence-corrected chi connectivity index (χ3v) is 4.79. The van der Waals surface area contributed by atoms with Crippen LogP contribution in [0.5, 0.6) is 11.5 Å². The summed E-state index contributed by atoms with van der Waals surface area (Å²) in [5.41, 5.74) is 3.54. The summed E-state index contributed by atoms with van der Waals surface area (Å²) < 4.78 is 12.3. The lowest BCUT2D eigenvalue weighted by Crippen LogP contribution is -2.30. The fraction of sp³-hybridized carbons (Fsp3) is 0.450. The highest BCUT2D eigenvalue weighted by Crippen LogP contribution is 2.31. The van der Waals surface area contributed by atoms with E-state index in [4.69, 9.17) is 9.47 Å². The van der Waals surface area contributed by atoms with E-state index in [-0.39, 0.29) is 18.7 Å². The van der Waals surface area contributed by atoms with E-state index in [0.29, 0.717) is 23.5 Å². The minimum atomic E-state index is -1.01. The van der Waals surface area contributed by atoms with Crippen LogP contribution in [-0.4, -0.2) is 41.0 Å². The van der Waals surface area contributed by atoms with Gasteiger partial charge in [-0.05, 0) is 38.0 Å². The van der Waals surface area contributed by atoms with Gasteiger partial charge in [-0.15, -0.1) is 0 Å². The van der Waals surface area contributed by atoms with Crippen molar-refractivity contribution in [3.05, 3.63) is 40.7 Å². The number of hydrogen-bond donors (Lipinski definition) is 2. The van der Waals surface area contributed by atoms with Crippen molar-refractivity contribution >= 4 is 11.9 Å². The Labute approximate surface area is 164 Å². The highest BCUT2D eigenvalue weighted by Gasteiger charge is 2.22. The summed E-state index contributed by atoms with van der Waals surface area (Å²) in [5.74, 6) is -0.192. The molecule has 8 heteroatoms. The number of amides is 1. The van der Waals surface area contributed by atoms with E-state index >= 15 is 0 Å². The lowest BCUT2D eigenvalue weighted by Gasteiger charge is -2.20. The molecule has 0 fully saturated rings. The largest absolute Gasteiger partial charge is 0.497 e. The number of hydrogen-bond acceptors (Lipinski definition) is 5. The van der Waals surface area contributed by atoms with E-state index in [2.05, 4.69) is 10.4 Å². The number of nitrogens with zero attached hydrogens (tertiary/aromatic N) is 2. The lowest BCUT2D eigenvalue weighted by molar-refractivity contribution is -0.137. The predicted octanol–water partition coefficient (Wildman–Crippen LogP) is 2.32. The van der Waals surface area contributed by atoms with Crippen LogP contribution >= 0.6 is 0 Å². The molecule has 8 nitrogen and oxygen atoms in total. The Morgan fingerprint density at radius 3 is 2.50 bits per heavy atom. The minimum absolute atomic E-state index is 0.230. The van der Waals surface area contributed by atoms with E-state index < -0.39 is 12.0 Å². The number of methoxy groups -OCH3 is 2. The number of ether oxygens (including phenoxy) is 2. The fourth-order valence-electron chi connectivity index (χ4n) is 3.20.